The third-order valence-electron chi connectivity index (χ3n) is 3.38. The SMILES string of the molecule is COc1cccc(C(NN)C2CCOC2)c1OC. The Bertz CT molecular complexity index is 392. The normalized spacial score (nSPS) is 20.7. The maximum atomic E-state index is 5.70. The molecule has 1 fully saturated rings. The second-order valence-corrected chi connectivity index (χ2v) is 4.35. The lowest BCUT2D eigenvalue weighted by Gasteiger charge is -2.24. The Hall–Kier alpha value is -1.30. The fraction of sp³-hybridized carbons (Fsp3) is 0.538. The third-order valence-corrected chi connectivity index (χ3v) is 3.38. The van der Waals surface area contributed by atoms with Crippen molar-refractivity contribution in [3.8, 4) is 11.5 Å². The summed E-state index contributed by atoms with van der Waals surface area (Å²) >= 11 is 0. The smallest absolute Gasteiger partial charge is 0.165 e. The lowest BCUT2D eigenvalue weighted by atomic mass is 9.92. The van der Waals surface area contributed by atoms with Gasteiger partial charge in [-0.15, -0.1) is 0 Å². The molecule has 0 spiro atoms. The molecule has 0 radical (unpaired) electrons. The van der Waals surface area contributed by atoms with E-state index in [1.807, 2.05) is 18.2 Å². The summed E-state index contributed by atoms with van der Waals surface area (Å²) in [6, 6.07) is 5.83. The minimum Gasteiger partial charge on any atom is -0.493 e. The fourth-order valence-electron chi connectivity index (χ4n) is 2.45. The largest absolute Gasteiger partial charge is 0.493 e. The summed E-state index contributed by atoms with van der Waals surface area (Å²) in [5, 5.41) is 0. The number of hydrazine groups is 1. The van der Waals surface area contributed by atoms with Gasteiger partial charge >= 0.3 is 0 Å². The van der Waals surface area contributed by atoms with Gasteiger partial charge in [-0.3, -0.25) is 11.3 Å². The van der Waals surface area contributed by atoms with Gasteiger partial charge in [-0.25, -0.2) is 0 Å². The molecule has 18 heavy (non-hydrogen) atoms. The summed E-state index contributed by atoms with van der Waals surface area (Å²) in [5.74, 6) is 7.50. The lowest BCUT2D eigenvalue weighted by molar-refractivity contribution is 0.176. The molecule has 0 bridgehead atoms. The number of methoxy groups -OCH3 is 2. The number of rotatable bonds is 5. The second-order valence-electron chi connectivity index (χ2n) is 4.35. The highest BCUT2D eigenvalue weighted by atomic mass is 16.5. The summed E-state index contributed by atoms with van der Waals surface area (Å²) in [6.45, 7) is 1.50. The number of hydrogen-bond donors (Lipinski definition) is 2. The Morgan fingerprint density at radius 1 is 1.39 bits per heavy atom. The fourth-order valence-corrected chi connectivity index (χ4v) is 2.45. The summed E-state index contributed by atoms with van der Waals surface area (Å²) < 4.78 is 16.2. The Balaban J connectivity index is 2.34. The Labute approximate surface area is 107 Å². The van der Waals surface area contributed by atoms with Crippen LogP contribution in [0.15, 0.2) is 18.2 Å². The zero-order valence-corrected chi connectivity index (χ0v) is 10.8. The van der Waals surface area contributed by atoms with E-state index < -0.39 is 0 Å². The Morgan fingerprint density at radius 3 is 2.78 bits per heavy atom. The van der Waals surface area contributed by atoms with Crippen LogP contribution in [0.1, 0.15) is 18.0 Å². The van der Waals surface area contributed by atoms with Crippen LogP contribution in [-0.2, 0) is 4.74 Å². The quantitative estimate of drug-likeness (QED) is 0.610. The Morgan fingerprint density at radius 2 is 2.22 bits per heavy atom. The summed E-state index contributed by atoms with van der Waals surface area (Å²) in [5.41, 5.74) is 3.88. The predicted octanol–water partition coefficient (Wildman–Crippen LogP) is 1.24. The monoisotopic (exact) mass is 252 g/mol. The van der Waals surface area contributed by atoms with Crippen LogP contribution in [0.3, 0.4) is 0 Å². The summed E-state index contributed by atoms with van der Waals surface area (Å²) in [7, 11) is 3.27. The highest BCUT2D eigenvalue weighted by Crippen LogP contribution is 2.38. The number of ether oxygens (including phenoxy) is 3. The lowest BCUT2D eigenvalue weighted by Crippen LogP contribution is -2.34. The van der Waals surface area contributed by atoms with E-state index in [1.54, 1.807) is 14.2 Å². The van der Waals surface area contributed by atoms with Gasteiger partial charge in [-0.05, 0) is 12.5 Å². The predicted molar refractivity (Wildman–Crippen MR) is 68.5 cm³/mol. The first-order chi connectivity index (χ1) is 8.81. The zero-order chi connectivity index (χ0) is 13.0. The molecule has 2 unspecified atom stereocenters. The molecule has 0 saturated carbocycles. The van der Waals surface area contributed by atoms with Crippen molar-refractivity contribution in [1.29, 1.82) is 0 Å². The molecular formula is C13H20N2O3. The molecule has 2 rings (SSSR count). The van der Waals surface area contributed by atoms with Gasteiger partial charge in [-0.2, -0.15) is 0 Å². The zero-order valence-electron chi connectivity index (χ0n) is 10.8. The minimum atomic E-state index is 0.0116. The first kappa shape index (κ1) is 13.1. The van der Waals surface area contributed by atoms with Crippen LogP contribution in [0.5, 0.6) is 11.5 Å². The molecular weight excluding hydrogens is 232 g/mol. The molecule has 3 N–H and O–H groups in total. The van der Waals surface area contributed by atoms with Crippen molar-refractivity contribution < 1.29 is 14.2 Å². The minimum absolute atomic E-state index is 0.0116. The second kappa shape index (κ2) is 6.04. The molecule has 1 aliphatic heterocycles. The van der Waals surface area contributed by atoms with Gasteiger partial charge in [0, 0.05) is 18.1 Å². The van der Waals surface area contributed by atoms with Crippen LogP contribution in [0, 0.1) is 5.92 Å². The molecule has 0 amide bonds. The molecule has 1 aromatic rings. The standard InChI is InChI=1S/C13H20N2O3/c1-16-11-5-3-4-10(13(11)17-2)12(15-14)9-6-7-18-8-9/h3-5,9,12,15H,6-8,14H2,1-2H3. The van der Waals surface area contributed by atoms with Crippen molar-refractivity contribution in [2.75, 3.05) is 27.4 Å². The van der Waals surface area contributed by atoms with Gasteiger partial charge in [-0.1, -0.05) is 12.1 Å². The maximum absolute atomic E-state index is 5.70. The van der Waals surface area contributed by atoms with Crippen molar-refractivity contribution in [1.82, 2.24) is 5.43 Å². The van der Waals surface area contributed by atoms with Crippen LogP contribution >= 0.6 is 0 Å². The highest BCUT2D eigenvalue weighted by Gasteiger charge is 2.29. The van der Waals surface area contributed by atoms with Gasteiger partial charge in [0.2, 0.25) is 0 Å². The molecule has 1 aromatic carbocycles. The van der Waals surface area contributed by atoms with Crippen molar-refractivity contribution in [3.63, 3.8) is 0 Å². The van der Waals surface area contributed by atoms with E-state index in [2.05, 4.69) is 5.43 Å². The number of benzene rings is 1. The van der Waals surface area contributed by atoms with E-state index >= 15 is 0 Å². The molecule has 100 valence electrons. The molecule has 0 aromatic heterocycles. The van der Waals surface area contributed by atoms with Gasteiger partial charge < -0.3 is 14.2 Å². The van der Waals surface area contributed by atoms with E-state index in [1.165, 1.54) is 0 Å². The highest BCUT2D eigenvalue weighted by molar-refractivity contribution is 5.48. The number of nitrogens with two attached hydrogens (primary N) is 1. The number of para-hydroxylation sites is 1. The molecule has 2 atom stereocenters. The van der Waals surface area contributed by atoms with Crippen LogP contribution in [-0.4, -0.2) is 27.4 Å². The van der Waals surface area contributed by atoms with Crippen molar-refractivity contribution in [3.05, 3.63) is 23.8 Å². The van der Waals surface area contributed by atoms with Crippen LogP contribution < -0.4 is 20.7 Å². The van der Waals surface area contributed by atoms with Crippen LogP contribution in [0.2, 0.25) is 0 Å². The average molecular weight is 252 g/mol. The van der Waals surface area contributed by atoms with Crippen LogP contribution in [0.4, 0.5) is 0 Å². The van der Waals surface area contributed by atoms with Crippen molar-refractivity contribution in [2.24, 2.45) is 11.8 Å². The molecule has 1 saturated heterocycles. The molecule has 5 nitrogen and oxygen atoms in total. The van der Waals surface area contributed by atoms with Crippen LogP contribution in [0.25, 0.3) is 0 Å². The first-order valence-corrected chi connectivity index (χ1v) is 6.06. The van der Waals surface area contributed by atoms with Gasteiger partial charge in [0.25, 0.3) is 0 Å². The van der Waals surface area contributed by atoms with E-state index in [9.17, 15) is 0 Å². The molecule has 5 heteroatoms. The van der Waals surface area contributed by atoms with E-state index in [0.29, 0.717) is 11.7 Å². The Kier molecular flexibility index (Phi) is 4.41. The van der Waals surface area contributed by atoms with Crippen molar-refractivity contribution >= 4 is 0 Å². The number of hydrogen-bond acceptors (Lipinski definition) is 5. The maximum Gasteiger partial charge on any atom is 0.165 e. The van der Waals surface area contributed by atoms with E-state index in [4.69, 9.17) is 20.1 Å². The van der Waals surface area contributed by atoms with Gasteiger partial charge in [0.1, 0.15) is 0 Å². The first-order valence-electron chi connectivity index (χ1n) is 6.06. The summed E-state index contributed by atoms with van der Waals surface area (Å²) in [4.78, 5) is 0. The topological polar surface area (TPSA) is 65.7 Å². The third kappa shape index (κ3) is 2.43. The van der Waals surface area contributed by atoms with E-state index in [-0.39, 0.29) is 6.04 Å². The molecule has 1 aliphatic rings. The average Bonchev–Trinajstić information content (AvgIpc) is 2.93. The molecule has 0 aliphatic carbocycles. The van der Waals surface area contributed by atoms with Gasteiger partial charge in [0.15, 0.2) is 11.5 Å². The number of nitrogens with one attached hydrogen (secondary N) is 1. The van der Waals surface area contributed by atoms with Crippen molar-refractivity contribution in [2.45, 2.75) is 12.5 Å². The van der Waals surface area contributed by atoms with Gasteiger partial charge in [0.05, 0.1) is 26.9 Å². The summed E-state index contributed by atoms with van der Waals surface area (Å²) in [6.07, 6.45) is 0.995. The van der Waals surface area contributed by atoms with E-state index in [0.717, 1.165) is 30.9 Å². The molecule has 1 heterocycles.